The molecule has 13 atom stereocenters. The summed E-state index contributed by atoms with van der Waals surface area (Å²) < 4.78 is 0. The Morgan fingerprint density at radius 1 is 0.460 bits per heavy atom. The molecule has 1 aliphatic rings. The van der Waals surface area contributed by atoms with E-state index in [0.717, 1.165) is 9.80 Å². The fourth-order valence-corrected chi connectivity index (χ4v) is 11.3. The van der Waals surface area contributed by atoms with Crippen LogP contribution in [0.3, 0.4) is 0 Å². The molecule has 1 rings (SSSR count). The van der Waals surface area contributed by atoms with Crippen molar-refractivity contribution in [2.45, 2.75) is 229 Å². The average Bonchev–Trinajstić information content (AvgIpc) is 2.91. The van der Waals surface area contributed by atoms with Gasteiger partial charge in [-0.05, 0) is 101 Å². The number of nitrogens with zero attached hydrogens (tertiary/aromatic N) is 8. The van der Waals surface area contributed by atoms with Crippen molar-refractivity contribution in [2.75, 3.05) is 62.9 Å². The Morgan fingerprint density at radius 3 is 1.28 bits per heavy atom. The van der Waals surface area contributed by atoms with Gasteiger partial charge < -0.3 is 60.3 Å². The first-order chi connectivity index (χ1) is 40.2. The van der Waals surface area contributed by atoms with Gasteiger partial charge in [0.2, 0.25) is 65.0 Å². The molecular formula is C64H115N11O12. The molecule has 0 aliphatic carbocycles. The highest BCUT2D eigenvalue weighted by molar-refractivity contribution is 5.99. The van der Waals surface area contributed by atoms with Crippen molar-refractivity contribution >= 4 is 65.0 Å². The fourth-order valence-electron chi connectivity index (χ4n) is 11.3. The Hall–Kier alpha value is -6.13. The fraction of sp³-hybridized carbons (Fsp3) is 0.797. The van der Waals surface area contributed by atoms with Crippen molar-refractivity contribution in [2.24, 2.45) is 41.4 Å². The maximum absolute atomic E-state index is 15.2. The minimum absolute atomic E-state index is 0.0244. The third-order valence-electron chi connectivity index (χ3n) is 17.1. The summed E-state index contributed by atoms with van der Waals surface area (Å²) in [5.74, 6) is -9.46. The quantitative estimate of drug-likeness (QED) is 0.160. The molecule has 11 amide bonds. The number of carbonyl (C=O) groups is 11. The number of nitrogens with one attached hydrogen (secondary N) is 3. The summed E-state index contributed by atoms with van der Waals surface area (Å²) in [5, 5.41) is 20.3. The first-order valence-electron chi connectivity index (χ1n) is 31.5. The van der Waals surface area contributed by atoms with Crippen molar-refractivity contribution in [1.29, 1.82) is 0 Å². The highest BCUT2D eigenvalue weighted by Crippen LogP contribution is 2.27. The molecule has 87 heavy (non-hydrogen) atoms. The number of amides is 11. The highest BCUT2D eigenvalue weighted by atomic mass is 16.3. The maximum Gasteiger partial charge on any atom is 0.246 e. The molecule has 0 aromatic heterocycles. The number of hydrogen-bond acceptors (Lipinski definition) is 12. The lowest BCUT2D eigenvalue weighted by Crippen LogP contribution is -2.63. The third-order valence-corrected chi connectivity index (χ3v) is 17.1. The number of likely N-dealkylation sites (N-methyl/N-ethyl adjacent to an activating group) is 8. The van der Waals surface area contributed by atoms with Crippen molar-refractivity contribution in [3.8, 4) is 0 Å². The number of allylic oxidation sites excluding steroid dienone is 2. The van der Waals surface area contributed by atoms with Crippen LogP contribution in [-0.4, -0.2) is 239 Å². The van der Waals surface area contributed by atoms with E-state index in [0.29, 0.717) is 12.8 Å². The van der Waals surface area contributed by atoms with E-state index in [4.69, 9.17) is 0 Å². The minimum Gasteiger partial charge on any atom is -0.390 e. The van der Waals surface area contributed by atoms with E-state index in [1.165, 1.54) is 99.6 Å². The molecule has 0 spiro atoms. The number of rotatable bonds is 16. The van der Waals surface area contributed by atoms with Gasteiger partial charge in [0, 0.05) is 56.4 Å². The molecule has 4 N–H and O–H groups in total. The van der Waals surface area contributed by atoms with Crippen LogP contribution >= 0.6 is 0 Å². The lowest BCUT2D eigenvalue weighted by atomic mass is 9.91. The molecule has 0 bridgehead atoms. The van der Waals surface area contributed by atoms with Crippen molar-refractivity contribution in [3.05, 3.63) is 12.2 Å². The van der Waals surface area contributed by atoms with Crippen LogP contribution in [0.4, 0.5) is 0 Å². The van der Waals surface area contributed by atoms with E-state index in [-0.39, 0.29) is 55.8 Å². The van der Waals surface area contributed by atoms with Crippen LogP contribution in [-0.2, 0) is 52.7 Å². The van der Waals surface area contributed by atoms with E-state index >= 15 is 9.59 Å². The van der Waals surface area contributed by atoms with Gasteiger partial charge in [-0.1, -0.05) is 116 Å². The van der Waals surface area contributed by atoms with Crippen molar-refractivity contribution < 1.29 is 57.8 Å². The summed E-state index contributed by atoms with van der Waals surface area (Å²) in [6.07, 6.45) is 3.73. The van der Waals surface area contributed by atoms with E-state index < -0.39 is 156 Å². The summed E-state index contributed by atoms with van der Waals surface area (Å²) in [6.45, 7) is 29.6. The Labute approximate surface area is 521 Å². The highest BCUT2D eigenvalue weighted by Gasteiger charge is 2.46. The Balaban J connectivity index is 4.39. The van der Waals surface area contributed by atoms with Gasteiger partial charge in [0.25, 0.3) is 0 Å². The van der Waals surface area contributed by atoms with Gasteiger partial charge in [0.1, 0.15) is 60.4 Å². The van der Waals surface area contributed by atoms with Crippen LogP contribution in [0.2, 0.25) is 0 Å². The molecule has 23 nitrogen and oxygen atoms in total. The summed E-state index contributed by atoms with van der Waals surface area (Å²) in [6, 6.07) is -12.3. The third kappa shape index (κ3) is 21.6. The van der Waals surface area contributed by atoms with Gasteiger partial charge in [0.05, 0.1) is 12.6 Å². The molecular weight excluding hydrogens is 1110 g/mol. The SMILES string of the molecule is C/C=C/C[C@@H](C)[C@@H](O)[C@H]1C(=O)N[C@@H](CC)C(=O)N(C)CC(=O)N(C)[C@@H](C[C@H](C)CC)C(=O)N(C)[C@@H](C(C)C)C(=O)N(C)[C@@H](CC(C)C)C(=O)N[C@@H](C)C(=O)N[C@H](C)C(=O)N(C)[C@@H](CC(C)C)C(=O)N(C)[C@@H](CC(C)C)C(=O)N(C)[C@@H](C(C)C)C(=O)N1C. The summed E-state index contributed by atoms with van der Waals surface area (Å²) in [5.41, 5.74) is 0. The van der Waals surface area contributed by atoms with Crippen LogP contribution in [0, 0.1) is 41.4 Å². The minimum atomic E-state index is -1.61. The van der Waals surface area contributed by atoms with Gasteiger partial charge in [0.15, 0.2) is 0 Å². The largest absolute Gasteiger partial charge is 0.390 e. The molecule has 1 saturated heterocycles. The second kappa shape index (κ2) is 35.8. The first-order valence-corrected chi connectivity index (χ1v) is 31.5. The van der Waals surface area contributed by atoms with Crippen LogP contribution in [0.25, 0.3) is 0 Å². The zero-order valence-electron chi connectivity index (χ0n) is 57.7. The van der Waals surface area contributed by atoms with E-state index in [2.05, 4.69) is 16.0 Å². The predicted octanol–water partition coefficient (Wildman–Crippen LogP) is 4.00. The Kier molecular flexibility index (Phi) is 32.4. The standard InChI is InChI=1S/C64H115N11O12/c1-26-29-30-42(15)54(77)53-57(80)67-45(28-3)59(82)68(18)35-50(76)69(19)49(34-41(14)27-2)62(85)73(23)51(39(10)11)63(86)70(20)46(31-36(4)5)56(79)65-43(16)55(78)66-44(17)58(81)71(21)47(32-37(6)7)60(83)72(22)48(33-38(8)9)61(84)74(24)52(40(12)13)64(87)75(53)25/h26,29,36-49,51-54,77H,27-28,30-35H2,1-25H3,(H,65,79)(H,66,78)(H,67,80)/b29-26+/t41-,42-,43+,44-,45+,46+,47+,48+,49+,51+,52+,53+,54-/m1/s1. The topological polar surface area (TPSA) is 270 Å². The number of carbonyl (C=O) groups excluding carboxylic acids is 11. The molecule has 1 aliphatic heterocycles. The predicted molar refractivity (Wildman–Crippen MR) is 338 cm³/mol. The van der Waals surface area contributed by atoms with Crippen molar-refractivity contribution in [3.63, 3.8) is 0 Å². The van der Waals surface area contributed by atoms with Gasteiger partial charge in [-0.3, -0.25) is 52.7 Å². The Morgan fingerprint density at radius 2 is 0.851 bits per heavy atom. The van der Waals surface area contributed by atoms with Gasteiger partial charge in [-0.2, -0.15) is 0 Å². The lowest BCUT2D eigenvalue weighted by molar-refractivity contribution is -0.157. The summed E-state index contributed by atoms with van der Waals surface area (Å²) >= 11 is 0. The second-order valence-electron chi connectivity index (χ2n) is 26.6. The monoisotopic (exact) mass is 1230 g/mol. The summed E-state index contributed by atoms with van der Waals surface area (Å²) in [7, 11) is 11.5. The van der Waals surface area contributed by atoms with Crippen LogP contribution in [0.15, 0.2) is 12.2 Å². The summed E-state index contributed by atoms with van der Waals surface area (Å²) in [4.78, 5) is 171. The zero-order chi connectivity index (χ0) is 67.6. The van der Waals surface area contributed by atoms with E-state index in [1.807, 2.05) is 61.5 Å². The first kappa shape index (κ1) is 78.9. The molecule has 0 radical (unpaired) electrons. The number of aliphatic hydroxyl groups is 1. The smallest absolute Gasteiger partial charge is 0.246 e. The van der Waals surface area contributed by atoms with Crippen LogP contribution in [0.5, 0.6) is 0 Å². The van der Waals surface area contributed by atoms with E-state index in [9.17, 15) is 48.3 Å². The van der Waals surface area contributed by atoms with Gasteiger partial charge in [-0.25, -0.2) is 0 Å². The maximum atomic E-state index is 15.2. The molecule has 1 fully saturated rings. The van der Waals surface area contributed by atoms with Gasteiger partial charge >= 0.3 is 0 Å². The molecule has 498 valence electrons. The molecule has 0 unspecified atom stereocenters. The van der Waals surface area contributed by atoms with Crippen molar-refractivity contribution in [1.82, 2.24) is 55.1 Å². The molecule has 0 aromatic rings. The normalized spacial score (nSPS) is 27.0. The second-order valence-corrected chi connectivity index (χ2v) is 26.6. The van der Waals surface area contributed by atoms with Gasteiger partial charge in [-0.15, -0.1) is 0 Å². The number of aliphatic hydroxyl groups excluding tert-OH is 1. The Bertz CT molecular complexity index is 2380. The molecule has 0 saturated carbocycles. The lowest BCUT2D eigenvalue weighted by Gasteiger charge is -2.41. The average molecular weight is 1230 g/mol. The van der Waals surface area contributed by atoms with Crippen LogP contribution < -0.4 is 16.0 Å². The molecule has 0 aromatic carbocycles. The molecule has 23 heteroatoms. The molecule has 1 heterocycles. The van der Waals surface area contributed by atoms with Crippen LogP contribution in [0.1, 0.15) is 163 Å². The zero-order valence-corrected chi connectivity index (χ0v) is 57.7. The van der Waals surface area contributed by atoms with E-state index in [1.54, 1.807) is 54.5 Å². The number of hydrogen-bond donors (Lipinski definition) is 4.